The van der Waals surface area contributed by atoms with Crippen molar-refractivity contribution in [1.29, 1.82) is 0 Å². The second-order valence-electron chi connectivity index (χ2n) is 3.88. The molecule has 1 fully saturated rings. The van der Waals surface area contributed by atoms with Gasteiger partial charge in [-0.2, -0.15) is 11.8 Å². The Morgan fingerprint density at radius 1 is 1.60 bits per heavy atom. The van der Waals surface area contributed by atoms with E-state index in [9.17, 15) is 9.59 Å². The standard InChI is InChI=1S/C10H17NO3S/c1-7(6-15-2)9(12)11-5-3-4-8(11)10(13)14/h7-8H,3-6H2,1-2H3,(H,13,14)/t7-,8-/m1/s1. The lowest BCUT2D eigenvalue weighted by atomic mass is 10.1. The highest BCUT2D eigenvalue weighted by Gasteiger charge is 2.35. The molecule has 0 aromatic heterocycles. The minimum absolute atomic E-state index is 0.0192. The lowest BCUT2D eigenvalue weighted by Crippen LogP contribution is -2.43. The van der Waals surface area contributed by atoms with Crippen LogP contribution in [0.15, 0.2) is 0 Å². The third kappa shape index (κ3) is 2.87. The molecule has 0 aromatic carbocycles. The normalized spacial score (nSPS) is 22.8. The summed E-state index contributed by atoms with van der Waals surface area (Å²) >= 11 is 1.61. The monoisotopic (exact) mass is 231 g/mol. The molecule has 0 bridgehead atoms. The van der Waals surface area contributed by atoms with Gasteiger partial charge in [-0.3, -0.25) is 4.79 Å². The maximum absolute atomic E-state index is 11.9. The van der Waals surface area contributed by atoms with Crippen molar-refractivity contribution in [3.63, 3.8) is 0 Å². The molecule has 2 atom stereocenters. The highest BCUT2D eigenvalue weighted by molar-refractivity contribution is 7.98. The van der Waals surface area contributed by atoms with Crippen LogP contribution in [0.5, 0.6) is 0 Å². The Bertz CT molecular complexity index is 257. The fourth-order valence-electron chi connectivity index (χ4n) is 1.89. The number of amides is 1. The minimum Gasteiger partial charge on any atom is -0.480 e. The van der Waals surface area contributed by atoms with Crippen LogP contribution >= 0.6 is 11.8 Å². The van der Waals surface area contributed by atoms with Crippen molar-refractivity contribution in [2.24, 2.45) is 5.92 Å². The van der Waals surface area contributed by atoms with E-state index in [-0.39, 0.29) is 11.8 Å². The van der Waals surface area contributed by atoms with Crippen molar-refractivity contribution in [2.75, 3.05) is 18.6 Å². The van der Waals surface area contributed by atoms with Gasteiger partial charge in [-0.25, -0.2) is 4.79 Å². The predicted molar refractivity (Wildman–Crippen MR) is 59.9 cm³/mol. The summed E-state index contributed by atoms with van der Waals surface area (Å²) in [5, 5.41) is 8.95. The molecule has 1 N–H and O–H groups in total. The van der Waals surface area contributed by atoms with Crippen molar-refractivity contribution >= 4 is 23.6 Å². The van der Waals surface area contributed by atoms with Crippen molar-refractivity contribution in [3.8, 4) is 0 Å². The molecule has 86 valence electrons. The quantitative estimate of drug-likeness (QED) is 0.786. The number of carboxylic acids is 1. The van der Waals surface area contributed by atoms with Crippen LogP contribution in [0, 0.1) is 5.92 Å². The Balaban J connectivity index is 2.62. The molecule has 0 spiro atoms. The van der Waals surface area contributed by atoms with Gasteiger partial charge < -0.3 is 10.0 Å². The molecule has 15 heavy (non-hydrogen) atoms. The first-order chi connectivity index (χ1) is 7.07. The number of carbonyl (C=O) groups is 2. The number of carboxylic acid groups (broad SMARTS) is 1. The van der Waals surface area contributed by atoms with Gasteiger partial charge in [0.2, 0.25) is 5.91 Å². The number of hydrogen-bond donors (Lipinski definition) is 1. The van der Waals surface area contributed by atoms with Gasteiger partial charge in [-0.15, -0.1) is 0 Å². The average molecular weight is 231 g/mol. The zero-order valence-electron chi connectivity index (χ0n) is 9.10. The van der Waals surface area contributed by atoms with Crippen LogP contribution in [0.25, 0.3) is 0 Å². The third-order valence-corrected chi connectivity index (χ3v) is 3.49. The summed E-state index contributed by atoms with van der Waals surface area (Å²) in [6.45, 7) is 2.45. The molecule has 0 aliphatic carbocycles. The van der Waals surface area contributed by atoms with Crippen LogP contribution in [0.3, 0.4) is 0 Å². The Morgan fingerprint density at radius 3 is 2.80 bits per heavy atom. The molecule has 0 unspecified atom stereocenters. The van der Waals surface area contributed by atoms with Crippen molar-refractivity contribution < 1.29 is 14.7 Å². The van der Waals surface area contributed by atoms with Crippen molar-refractivity contribution in [2.45, 2.75) is 25.8 Å². The van der Waals surface area contributed by atoms with E-state index in [2.05, 4.69) is 0 Å². The van der Waals surface area contributed by atoms with Crippen LogP contribution in [0.1, 0.15) is 19.8 Å². The first kappa shape index (κ1) is 12.4. The first-order valence-electron chi connectivity index (χ1n) is 5.10. The topological polar surface area (TPSA) is 57.6 Å². The second-order valence-corrected chi connectivity index (χ2v) is 4.79. The molecule has 4 nitrogen and oxygen atoms in total. The summed E-state index contributed by atoms with van der Waals surface area (Å²) in [7, 11) is 0. The number of carbonyl (C=O) groups excluding carboxylic acids is 1. The summed E-state index contributed by atoms with van der Waals surface area (Å²) in [6, 6.07) is -0.596. The molecular formula is C10H17NO3S. The maximum Gasteiger partial charge on any atom is 0.326 e. The van der Waals surface area contributed by atoms with E-state index in [0.717, 1.165) is 12.2 Å². The average Bonchev–Trinajstić information content (AvgIpc) is 2.65. The van der Waals surface area contributed by atoms with Crippen LogP contribution < -0.4 is 0 Å². The summed E-state index contributed by atoms with van der Waals surface area (Å²) in [4.78, 5) is 24.3. The zero-order valence-corrected chi connectivity index (χ0v) is 9.92. The lowest BCUT2D eigenvalue weighted by molar-refractivity contribution is -0.149. The van der Waals surface area contributed by atoms with Crippen LogP contribution in [-0.4, -0.2) is 46.5 Å². The molecular weight excluding hydrogens is 214 g/mol. The first-order valence-corrected chi connectivity index (χ1v) is 6.49. The molecule has 0 saturated carbocycles. The van der Waals surface area contributed by atoms with Gasteiger partial charge in [0, 0.05) is 18.2 Å². The molecule has 1 aliphatic heterocycles. The number of thioether (sulfide) groups is 1. The number of likely N-dealkylation sites (tertiary alicyclic amines) is 1. The summed E-state index contributed by atoms with van der Waals surface area (Å²) in [5.41, 5.74) is 0. The Kier molecular flexibility index (Phi) is 4.45. The molecule has 0 aromatic rings. The molecule has 1 heterocycles. The van der Waals surface area contributed by atoms with E-state index in [1.807, 2.05) is 13.2 Å². The van der Waals surface area contributed by atoms with E-state index >= 15 is 0 Å². The van der Waals surface area contributed by atoms with Crippen LogP contribution in [0.2, 0.25) is 0 Å². The van der Waals surface area contributed by atoms with Gasteiger partial charge in [-0.05, 0) is 19.1 Å². The van der Waals surface area contributed by atoms with E-state index < -0.39 is 12.0 Å². The van der Waals surface area contributed by atoms with Crippen LogP contribution in [-0.2, 0) is 9.59 Å². The van der Waals surface area contributed by atoms with E-state index in [4.69, 9.17) is 5.11 Å². The Morgan fingerprint density at radius 2 is 2.27 bits per heavy atom. The molecule has 1 rings (SSSR count). The number of rotatable bonds is 4. The minimum atomic E-state index is -0.878. The van der Waals surface area contributed by atoms with E-state index in [1.54, 1.807) is 11.8 Å². The molecule has 1 amide bonds. The predicted octanol–water partition coefficient (Wildman–Crippen LogP) is 1.06. The Hall–Kier alpha value is -0.710. The molecule has 5 heteroatoms. The third-order valence-electron chi connectivity index (χ3n) is 2.66. The Labute approximate surface area is 94.0 Å². The number of nitrogens with zero attached hydrogens (tertiary/aromatic N) is 1. The largest absolute Gasteiger partial charge is 0.480 e. The maximum atomic E-state index is 11.9. The van der Waals surface area contributed by atoms with E-state index in [0.29, 0.717) is 13.0 Å². The van der Waals surface area contributed by atoms with Gasteiger partial charge in [0.05, 0.1) is 0 Å². The van der Waals surface area contributed by atoms with Gasteiger partial charge >= 0.3 is 5.97 Å². The van der Waals surface area contributed by atoms with Crippen molar-refractivity contribution in [1.82, 2.24) is 4.90 Å². The zero-order chi connectivity index (χ0) is 11.4. The summed E-state index contributed by atoms with van der Waals surface area (Å²) in [5.74, 6) is -0.229. The molecule has 0 radical (unpaired) electrons. The van der Waals surface area contributed by atoms with Gasteiger partial charge in [-0.1, -0.05) is 6.92 Å². The van der Waals surface area contributed by atoms with Crippen molar-refractivity contribution in [3.05, 3.63) is 0 Å². The fourth-order valence-corrected chi connectivity index (χ4v) is 2.53. The number of aliphatic carboxylic acids is 1. The second kappa shape index (κ2) is 5.39. The highest BCUT2D eigenvalue weighted by atomic mass is 32.2. The molecule has 1 saturated heterocycles. The fraction of sp³-hybridized carbons (Fsp3) is 0.800. The van der Waals surface area contributed by atoms with Gasteiger partial charge in [0.1, 0.15) is 6.04 Å². The number of hydrogen-bond acceptors (Lipinski definition) is 3. The molecule has 1 aliphatic rings. The van der Waals surface area contributed by atoms with Crippen LogP contribution in [0.4, 0.5) is 0 Å². The SMILES string of the molecule is CSC[C@@H](C)C(=O)N1CCC[C@@H]1C(=O)O. The van der Waals surface area contributed by atoms with E-state index in [1.165, 1.54) is 4.90 Å². The summed E-state index contributed by atoms with van der Waals surface area (Å²) in [6.07, 6.45) is 3.34. The summed E-state index contributed by atoms with van der Waals surface area (Å²) < 4.78 is 0. The highest BCUT2D eigenvalue weighted by Crippen LogP contribution is 2.21. The smallest absolute Gasteiger partial charge is 0.326 e. The lowest BCUT2D eigenvalue weighted by Gasteiger charge is -2.24. The van der Waals surface area contributed by atoms with Gasteiger partial charge in [0.15, 0.2) is 0 Å². The van der Waals surface area contributed by atoms with Gasteiger partial charge in [0.25, 0.3) is 0 Å².